The molecule has 20 heavy (non-hydrogen) atoms. The molecule has 0 aliphatic rings. The summed E-state index contributed by atoms with van der Waals surface area (Å²) in [7, 11) is 0. The smallest absolute Gasteiger partial charge is 0.126 e. The van der Waals surface area contributed by atoms with Crippen molar-refractivity contribution in [3.8, 4) is 0 Å². The molecule has 0 fully saturated rings. The fourth-order valence-corrected chi connectivity index (χ4v) is 2.03. The van der Waals surface area contributed by atoms with E-state index in [-0.39, 0.29) is 24.0 Å². The van der Waals surface area contributed by atoms with Gasteiger partial charge in [0.2, 0.25) is 0 Å². The molecule has 0 radical (unpaired) electrons. The van der Waals surface area contributed by atoms with Gasteiger partial charge in [0, 0.05) is 12.5 Å². The van der Waals surface area contributed by atoms with Gasteiger partial charge in [-0.25, -0.2) is 17.6 Å². The largest absolute Gasteiger partial charge is 0.392 e. The van der Waals surface area contributed by atoms with E-state index < -0.39 is 29.4 Å². The highest BCUT2D eigenvalue weighted by molar-refractivity contribution is 5.22. The minimum Gasteiger partial charge on any atom is -0.392 e. The Morgan fingerprint density at radius 2 is 1.45 bits per heavy atom. The third-order valence-corrected chi connectivity index (χ3v) is 2.86. The summed E-state index contributed by atoms with van der Waals surface area (Å²) >= 11 is 0. The van der Waals surface area contributed by atoms with Gasteiger partial charge in [0.05, 0.1) is 6.10 Å². The van der Waals surface area contributed by atoms with Gasteiger partial charge in [-0.2, -0.15) is 0 Å². The average molecular weight is 284 g/mol. The van der Waals surface area contributed by atoms with Crippen molar-refractivity contribution in [2.24, 2.45) is 0 Å². The summed E-state index contributed by atoms with van der Waals surface area (Å²) in [5.74, 6) is -2.73. The summed E-state index contributed by atoms with van der Waals surface area (Å²) in [5, 5.41) is 9.82. The van der Waals surface area contributed by atoms with Gasteiger partial charge in [0.25, 0.3) is 0 Å². The Hall–Kier alpha value is -1.88. The molecule has 1 N–H and O–H groups in total. The van der Waals surface area contributed by atoms with Crippen molar-refractivity contribution in [2.45, 2.75) is 18.9 Å². The minimum atomic E-state index is -1.06. The van der Waals surface area contributed by atoms with E-state index >= 15 is 0 Å². The Bertz CT molecular complexity index is 593. The highest BCUT2D eigenvalue weighted by Gasteiger charge is 2.12. The van der Waals surface area contributed by atoms with Crippen LogP contribution in [0.15, 0.2) is 36.4 Å². The molecule has 0 saturated heterocycles. The van der Waals surface area contributed by atoms with E-state index in [1.165, 1.54) is 0 Å². The van der Waals surface area contributed by atoms with Crippen LogP contribution in [-0.2, 0) is 12.8 Å². The molecule has 0 bridgehead atoms. The number of rotatable bonds is 4. The molecule has 0 aliphatic carbocycles. The van der Waals surface area contributed by atoms with Crippen molar-refractivity contribution in [1.29, 1.82) is 0 Å². The number of halogens is 4. The van der Waals surface area contributed by atoms with E-state index in [1.54, 1.807) is 0 Å². The molecular weight excluding hydrogens is 272 g/mol. The van der Waals surface area contributed by atoms with E-state index in [9.17, 15) is 22.7 Å². The lowest BCUT2D eigenvalue weighted by molar-refractivity contribution is 0.174. The Balaban J connectivity index is 2.08. The Labute approximate surface area is 113 Å². The minimum absolute atomic E-state index is 0.0226. The van der Waals surface area contributed by atoms with Gasteiger partial charge in [-0.05, 0) is 47.9 Å². The summed E-state index contributed by atoms with van der Waals surface area (Å²) in [6.07, 6.45) is -1.25. The molecule has 2 aromatic carbocycles. The molecule has 0 aromatic heterocycles. The second-order valence-corrected chi connectivity index (χ2v) is 4.58. The summed E-state index contributed by atoms with van der Waals surface area (Å²) in [6, 6.07) is 5.85. The lowest BCUT2D eigenvalue weighted by Gasteiger charge is -2.12. The summed E-state index contributed by atoms with van der Waals surface area (Å²) in [6.45, 7) is 0. The SMILES string of the molecule is OC(Cc1cc(F)cc(F)c1)Cc1cc(F)ccc1F. The summed E-state index contributed by atoms with van der Waals surface area (Å²) in [5.41, 5.74) is 0.279. The van der Waals surface area contributed by atoms with Crippen LogP contribution >= 0.6 is 0 Å². The molecule has 1 nitrogen and oxygen atoms in total. The molecule has 0 amide bonds. The molecule has 106 valence electrons. The predicted molar refractivity (Wildman–Crippen MR) is 66.1 cm³/mol. The molecule has 5 heteroatoms. The van der Waals surface area contributed by atoms with Crippen molar-refractivity contribution < 1.29 is 22.7 Å². The highest BCUT2D eigenvalue weighted by atomic mass is 19.1. The number of hydrogen-bond donors (Lipinski definition) is 1. The molecule has 2 rings (SSSR count). The number of hydrogen-bond acceptors (Lipinski definition) is 1. The topological polar surface area (TPSA) is 20.2 Å². The van der Waals surface area contributed by atoms with Crippen molar-refractivity contribution in [1.82, 2.24) is 0 Å². The number of aliphatic hydroxyl groups is 1. The molecule has 2 aromatic rings. The van der Waals surface area contributed by atoms with Gasteiger partial charge in [-0.3, -0.25) is 0 Å². The zero-order chi connectivity index (χ0) is 14.7. The van der Waals surface area contributed by atoms with Crippen molar-refractivity contribution in [3.63, 3.8) is 0 Å². The summed E-state index contributed by atoms with van der Waals surface area (Å²) in [4.78, 5) is 0. The van der Waals surface area contributed by atoms with Crippen LogP contribution in [0.2, 0.25) is 0 Å². The number of aliphatic hydroxyl groups excluding tert-OH is 1. The van der Waals surface area contributed by atoms with Crippen LogP contribution in [0, 0.1) is 23.3 Å². The van der Waals surface area contributed by atoms with Gasteiger partial charge in [0.15, 0.2) is 0 Å². The highest BCUT2D eigenvalue weighted by Crippen LogP contribution is 2.15. The van der Waals surface area contributed by atoms with E-state index in [0.29, 0.717) is 0 Å². The summed E-state index contributed by atoms with van der Waals surface area (Å²) < 4.78 is 52.4. The first kappa shape index (κ1) is 14.5. The second-order valence-electron chi connectivity index (χ2n) is 4.58. The second kappa shape index (κ2) is 6.05. The molecular formula is C15H12F4O. The standard InChI is InChI=1S/C15H12F4O/c16-11-1-2-15(19)10(6-11)7-14(20)5-9-3-12(17)8-13(18)4-9/h1-4,6,8,14,20H,5,7H2. The lowest BCUT2D eigenvalue weighted by Crippen LogP contribution is -2.15. The zero-order valence-corrected chi connectivity index (χ0v) is 10.4. The van der Waals surface area contributed by atoms with Gasteiger partial charge >= 0.3 is 0 Å². The Morgan fingerprint density at radius 3 is 2.10 bits per heavy atom. The maximum Gasteiger partial charge on any atom is 0.126 e. The van der Waals surface area contributed by atoms with Crippen LogP contribution < -0.4 is 0 Å². The molecule has 0 heterocycles. The quantitative estimate of drug-likeness (QED) is 0.853. The Kier molecular flexibility index (Phi) is 4.39. The third kappa shape index (κ3) is 3.81. The van der Waals surface area contributed by atoms with Crippen LogP contribution in [-0.4, -0.2) is 11.2 Å². The molecule has 1 atom stereocenters. The third-order valence-electron chi connectivity index (χ3n) is 2.86. The van der Waals surface area contributed by atoms with Crippen LogP contribution in [0.4, 0.5) is 17.6 Å². The van der Waals surface area contributed by atoms with Crippen LogP contribution in [0.1, 0.15) is 11.1 Å². The first-order valence-electron chi connectivity index (χ1n) is 6.01. The fraction of sp³-hybridized carbons (Fsp3) is 0.200. The van der Waals surface area contributed by atoms with Gasteiger partial charge < -0.3 is 5.11 Å². The fourth-order valence-electron chi connectivity index (χ4n) is 2.03. The molecule has 0 saturated carbocycles. The maximum atomic E-state index is 13.4. The van der Waals surface area contributed by atoms with Gasteiger partial charge in [0.1, 0.15) is 23.3 Å². The van der Waals surface area contributed by atoms with Gasteiger partial charge in [-0.1, -0.05) is 0 Å². The maximum absolute atomic E-state index is 13.4. The monoisotopic (exact) mass is 284 g/mol. The van der Waals surface area contributed by atoms with Gasteiger partial charge in [-0.15, -0.1) is 0 Å². The van der Waals surface area contributed by atoms with Crippen LogP contribution in [0.25, 0.3) is 0 Å². The van der Waals surface area contributed by atoms with Crippen molar-refractivity contribution >= 4 is 0 Å². The van der Waals surface area contributed by atoms with E-state index in [0.717, 1.165) is 36.4 Å². The zero-order valence-electron chi connectivity index (χ0n) is 10.4. The lowest BCUT2D eigenvalue weighted by atomic mass is 10.0. The molecule has 0 aliphatic heterocycles. The first-order chi connectivity index (χ1) is 9.44. The van der Waals surface area contributed by atoms with E-state index in [4.69, 9.17) is 0 Å². The van der Waals surface area contributed by atoms with Crippen LogP contribution in [0.3, 0.4) is 0 Å². The number of benzene rings is 2. The van der Waals surface area contributed by atoms with E-state index in [2.05, 4.69) is 0 Å². The average Bonchev–Trinajstić information content (AvgIpc) is 2.32. The Morgan fingerprint density at radius 1 is 0.800 bits per heavy atom. The molecule has 1 unspecified atom stereocenters. The van der Waals surface area contributed by atoms with Crippen LogP contribution in [0.5, 0.6) is 0 Å². The first-order valence-corrected chi connectivity index (χ1v) is 6.01. The van der Waals surface area contributed by atoms with E-state index in [1.807, 2.05) is 0 Å². The molecule has 0 spiro atoms. The van der Waals surface area contributed by atoms with Crippen molar-refractivity contribution in [3.05, 3.63) is 70.8 Å². The predicted octanol–water partition coefficient (Wildman–Crippen LogP) is 3.39. The van der Waals surface area contributed by atoms with Crippen molar-refractivity contribution in [2.75, 3.05) is 0 Å². The normalized spacial score (nSPS) is 12.4.